The first-order valence-electron chi connectivity index (χ1n) is 4.41. The number of imide groups is 1. The van der Waals surface area contributed by atoms with Crippen LogP contribution in [0.5, 0.6) is 0 Å². The minimum atomic E-state index is -1.10. The normalized spacial score (nSPS) is 8.88. The van der Waals surface area contributed by atoms with E-state index in [2.05, 4.69) is 4.74 Å². The van der Waals surface area contributed by atoms with E-state index in [-0.39, 0.29) is 38.5 Å². The Hall–Kier alpha value is -1.34. The van der Waals surface area contributed by atoms with Gasteiger partial charge in [-0.3, -0.25) is 9.59 Å². The van der Waals surface area contributed by atoms with Crippen molar-refractivity contribution in [2.24, 2.45) is 5.73 Å². The first kappa shape index (κ1) is 17.1. The highest BCUT2D eigenvalue weighted by Gasteiger charge is 2.21. The average Bonchev–Trinajstić information content (AvgIpc) is 2.17. The Bertz CT molecular complexity index is 259. The zero-order valence-electron chi connectivity index (χ0n) is 8.84. The summed E-state index contributed by atoms with van der Waals surface area (Å²) in [4.78, 5) is 33.3. The van der Waals surface area contributed by atoms with E-state index in [4.69, 9.17) is 10.8 Å². The van der Waals surface area contributed by atoms with Gasteiger partial charge in [0.1, 0.15) is 0 Å². The molecule has 0 aromatic carbocycles. The molecule has 0 fully saturated rings. The van der Waals surface area contributed by atoms with Crippen molar-refractivity contribution in [1.82, 2.24) is 4.90 Å². The number of nitrogens with zero attached hydrogens (tertiary/aromatic N) is 1. The predicted octanol–water partition coefficient (Wildman–Crippen LogP) is -0.173. The molecule has 0 aliphatic rings. The van der Waals surface area contributed by atoms with E-state index >= 15 is 0 Å². The summed E-state index contributed by atoms with van der Waals surface area (Å²) in [5, 5.41) is 8.41. The molecule has 0 radical (unpaired) electrons. The Morgan fingerprint density at radius 3 is 2.31 bits per heavy atom. The fourth-order valence-electron chi connectivity index (χ4n) is 0.837. The zero-order chi connectivity index (χ0) is 11.8. The third-order valence-corrected chi connectivity index (χ3v) is 1.51. The standard InChI is InChI=1S/C8H14N2O5.ClH/c1-2-15-8(14)10(6(11)5-9)4-3-7(12)13;/h2-5,9H2,1H3,(H,12,13);1H. The summed E-state index contributed by atoms with van der Waals surface area (Å²) in [6, 6.07) is 0. The first-order valence-corrected chi connectivity index (χ1v) is 4.41. The van der Waals surface area contributed by atoms with Crippen LogP contribution in [0, 0.1) is 0 Å². The molecule has 0 saturated heterocycles. The van der Waals surface area contributed by atoms with Crippen molar-refractivity contribution < 1.29 is 24.2 Å². The summed E-state index contributed by atoms with van der Waals surface area (Å²) in [6.07, 6.45) is -1.20. The number of halogens is 1. The van der Waals surface area contributed by atoms with Crippen LogP contribution in [-0.2, 0) is 14.3 Å². The van der Waals surface area contributed by atoms with Gasteiger partial charge in [0, 0.05) is 6.54 Å². The number of hydrogen-bond donors (Lipinski definition) is 2. The van der Waals surface area contributed by atoms with Crippen LogP contribution in [0.1, 0.15) is 13.3 Å². The van der Waals surface area contributed by atoms with Gasteiger partial charge < -0.3 is 15.6 Å². The van der Waals surface area contributed by atoms with Gasteiger partial charge in [-0.15, -0.1) is 12.4 Å². The first-order chi connectivity index (χ1) is 7.02. The molecule has 0 saturated carbocycles. The maximum absolute atomic E-state index is 11.2. The van der Waals surface area contributed by atoms with Crippen LogP contribution >= 0.6 is 12.4 Å². The number of rotatable bonds is 5. The third-order valence-electron chi connectivity index (χ3n) is 1.51. The second-order valence-corrected chi connectivity index (χ2v) is 2.59. The topological polar surface area (TPSA) is 110 Å². The minimum Gasteiger partial charge on any atom is -0.481 e. The van der Waals surface area contributed by atoms with Gasteiger partial charge in [-0.1, -0.05) is 0 Å². The number of aliphatic carboxylic acids is 1. The van der Waals surface area contributed by atoms with Gasteiger partial charge in [-0.2, -0.15) is 0 Å². The molecular weight excluding hydrogens is 240 g/mol. The van der Waals surface area contributed by atoms with E-state index < -0.39 is 18.0 Å². The second-order valence-electron chi connectivity index (χ2n) is 2.59. The number of amides is 2. The van der Waals surface area contributed by atoms with E-state index in [0.717, 1.165) is 0 Å². The molecule has 0 aliphatic heterocycles. The summed E-state index contributed by atoms with van der Waals surface area (Å²) in [5.74, 6) is -1.76. The van der Waals surface area contributed by atoms with E-state index in [1.807, 2.05) is 0 Å². The molecular formula is C8H15ClN2O5. The minimum absolute atomic E-state index is 0. The molecule has 3 N–H and O–H groups in total. The summed E-state index contributed by atoms with van der Waals surface area (Å²) < 4.78 is 4.58. The van der Waals surface area contributed by atoms with Crippen LogP contribution in [0.3, 0.4) is 0 Å². The van der Waals surface area contributed by atoms with Crippen LogP contribution in [0.4, 0.5) is 4.79 Å². The van der Waals surface area contributed by atoms with Gasteiger partial charge in [0.25, 0.3) is 0 Å². The second kappa shape index (κ2) is 8.93. The molecule has 2 amide bonds. The lowest BCUT2D eigenvalue weighted by Gasteiger charge is -2.18. The maximum atomic E-state index is 11.2. The van der Waals surface area contributed by atoms with E-state index in [1.165, 1.54) is 0 Å². The Morgan fingerprint density at radius 2 is 1.94 bits per heavy atom. The molecule has 0 atom stereocenters. The van der Waals surface area contributed by atoms with Crippen molar-refractivity contribution in [1.29, 1.82) is 0 Å². The van der Waals surface area contributed by atoms with Crippen LogP contribution in [0.2, 0.25) is 0 Å². The molecule has 0 spiro atoms. The number of carboxylic acids is 1. The highest BCUT2D eigenvalue weighted by molar-refractivity contribution is 5.93. The van der Waals surface area contributed by atoms with Crippen molar-refractivity contribution in [3.63, 3.8) is 0 Å². The van der Waals surface area contributed by atoms with Crippen LogP contribution in [0.15, 0.2) is 0 Å². The lowest BCUT2D eigenvalue weighted by molar-refractivity contribution is -0.137. The van der Waals surface area contributed by atoms with Crippen molar-refractivity contribution in [3.05, 3.63) is 0 Å². The molecule has 0 aromatic rings. The highest BCUT2D eigenvalue weighted by atomic mass is 35.5. The van der Waals surface area contributed by atoms with Crippen molar-refractivity contribution >= 4 is 30.4 Å². The molecule has 0 heterocycles. The third kappa shape index (κ3) is 6.20. The van der Waals surface area contributed by atoms with Crippen molar-refractivity contribution in [2.45, 2.75) is 13.3 Å². The monoisotopic (exact) mass is 254 g/mol. The number of carboxylic acid groups (broad SMARTS) is 1. The van der Waals surface area contributed by atoms with Gasteiger partial charge in [0.05, 0.1) is 19.6 Å². The summed E-state index contributed by atoms with van der Waals surface area (Å²) >= 11 is 0. The SMILES string of the molecule is CCOC(=O)N(CCC(=O)O)C(=O)CN.Cl. The van der Waals surface area contributed by atoms with Crippen molar-refractivity contribution in [3.8, 4) is 0 Å². The molecule has 7 nitrogen and oxygen atoms in total. The molecule has 0 unspecified atom stereocenters. The van der Waals surface area contributed by atoms with Gasteiger partial charge in [0.2, 0.25) is 5.91 Å². The Kier molecular flexibility index (Phi) is 9.52. The van der Waals surface area contributed by atoms with Gasteiger partial charge in [-0.05, 0) is 6.92 Å². The number of ether oxygens (including phenoxy) is 1. The largest absolute Gasteiger partial charge is 0.481 e. The van der Waals surface area contributed by atoms with E-state index in [0.29, 0.717) is 4.90 Å². The number of carbonyl (C=O) groups is 3. The van der Waals surface area contributed by atoms with E-state index in [9.17, 15) is 14.4 Å². The maximum Gasteiger partial charge on any atom is 0.416 e. The van der Waals surface area contributed by atoms with E-state index in [1.54, 1.807) is 6.92 Å². The van der Waals surface area contributed by atoms with Crippen LogP contribution < -0.4 is 5.73 Å². The summed E-state index contributed by atoms with van der Waals surface area (Å²) in [7, 11) is 0. The Morgan fingerprint density at radius 1 is 1.38 bits per heavy atom. The molecule has 0 aliphatic carbocycles. The lowest BCUT2D eigenvalue weighted by Crippen LogP contribution is -2.42. The molecule has 0 aromatic heterocycles. The van der Waals surface area contributed by atoms with Gasteiger partial charge in [-0.25, -0.2) is 9.69 Å². The molecule has 8 heteroatoms. The summed E-state index contributed by atoms with van der Waals surface area (Å²) in [5.41, 5.74) is 5.07. The smallest absolute Gasteiger partial charge is 0.416 e. The zero-order valence-corrected chi connectivity index (χ0v) is 9.66. The predicted molar refractivity (Wildman–Crippen MR) is 57.3 cm³/mol. The molecule has 16 heavy (non-hydrogen) atoms. The van der Waals surface area contributed by atoms with Crippen LogP contribution in [-0.4, -0.2) is 47.7 Å². The number of hydrogen-bond acceptors (Lipinski definition) is 5. The van der Waals surface area contributed by atoms with Gasteiger partial charge in [0.15, 0.2) is 0 Å². The summed E-state index contributed by atoms with van der Waals surface area (Å²) in [6.45, 7) is 1.10. The fourth-order valence-corrected chi connectivity index (χ4v) is 0.837. The van der Waals surface area contributed by atoms with Crippen LogP contribution in [0.25, 0.3) is 0 Å². The number of nitrogens with two attached hydrogens (primary N) is 1. The fraction of sp³-hybridized carbons (Fsp3) is 0.625. The Labute approximate surface area is 98.9 Å². The average molecular weight is 255 g/mol. The molecule has 94 valence electrons. The lowest BCUT2D eigenvalue weighted by atomic mass is 10.4. The van der Waals surface area contributed by atoms with Gasteiger partial charge >= 0.3 is 12.1 Å². The molecule has 0 rings (SSSR count). The van der Waals surface area contributed by atoms with Crippen molar-refractivity contribution in [2.75, 3.05) is 19.7 Å². The quantitative estimate of drug-likeness (QED) is 0.705. The highest BCUT2D eigenvalue weighted by Crippen LogP contribution is 1.97. The molecule has 0 bridgehead atoms. The number of carbonyl (C=O) groups excluding carboxylic acids is 2. The Balaban J connectivity index is 0.